The molecular formula is C11H17F3N2O3. The third-order valence-electron chi connectivity index (χ3n) is 3.28. The highest BCUT2D eigenvalue weighted by Crippen LogP contribution is 2.28. The number of carbonyl (C=O) groups excluding carboxylic acids is 1. The van der Waals surface area contributed by atoms with Gasteiger partial charge in [0, 0.05) is 13.1 Å². The summed E-state index contributed by atoms with van der Waals surface area (Å²) in [7, 11) is 0. The molecule has 1 saturated heterocycles. The van der Waals surface area contributed by atoms with Crippen molar-refractivity contribution in [3.63, 3.8) is 0 Å². The fourth-order valence-corrected chi connectivity index (χ4v) is 2.08. The van der Waals surface area contributed by atoms with Gasteiger partial charge in [0.1, 0.15) is 5.54 Å². The van der Waals surface area contributed by atoms with Crippen LogP contribution in [0.25, 0.3) is 0 Å². The molecular weight excluding hydrogens is 265 g/mol. The number of hydrogen-bond acceptors (Lipinski definition) is 2. The first-order chi connectivity index (χ1) is 8.67. The number of urea groups is 1. The van der Waals surface area contributed by atoms with Crippen LogP contribution < -0.4 is 5.32 Å². The lowest BCUT2D eigenvalue weighted by Gasteiger charge is -2.41. The molecule has 0 aliphatic carbocycles. The lowest BCUT2D eigenvalue weighted by Crippen LogP contribution is -2.60. The van der Waals surface area contributed by atoms with Crippen molar-refractivity contribution in [1.29, 1.82) is 0 Å². The Balaban J connectivity index is 2.61. The largest absolute Gasteiger partial charge is 0.480 e. The molecule has 1 atom stereocenters. The standard InChI is InChI=1S/C11H17F3N2O3/c1-10(8(17)18)4-2-3-7-16(10)9(19)15-6-5-11(12,13)14/h2-7H2,1H3,(H,15,19)(H,17,18). The molecule has 1 fully saturated rings. The van der Waals surface area contributed by atoms with Crippen molar-refractivity contribution in [2.24, 2.45) is 0 Å². The highest BCUT2D eigenvalue weighted by molar-refractivity contribution is 5.86. The van der Waals surface area contributed by atoms with Crippen molar-refractivity contribution >= 4 is 12.0 Å². The Morgan fingerprint density at radius 1 is 1.37 bits per heavy atom. The van der Waals surface area contributed by atoms with E-state index in [9.17, 15) is 22.8 Å². The van der Waals surface area contributed by atoms with Crippen LogP contribution in [0.2, 0.25) is 0 Å². The number of nitrogens with zero attached hydrogens (tertiary/aromatic N) is 1. The van der Waals surface area contributed by atoms with Gasteiger partial charge in [-0.2, -0.15) is 13.2 Å². The highest BCUT2D eigenvalue weighted by Gasteiger charge is 2.44. The lowest BCUT2D eigenvalue weighted by atomic mass is 9.89. The van der Waals surface area contributed by atoms with Crippen LogP contribution in [0.1, 0.15) is 32.6 Å². The van der Waals surface area contributed by atoms with Crippen molar-refractivity contribution in [3.8, 4) is 0 Å². The summed E-state index contributed by atoms with van der Waals surface area (Å²) in [6.45, 7) is 1.10. The Morgan fingerprint density at radius 2 is 2.00 bits per heavy atom. The summed E-state index contributed by atoms with van der Waals surface area (Å²) in [4.78, 5) is 24.1. The summed E-state index contributed by atoms with van der Waals surface area (Å²) in [5.74, 6) is -1.14. The molecule has 19 heavy (non-hydrogen) atoms. The van der Waals surface area contributed by atoms with Gasteiger partial charge in [-0.1, -0.05) is 0 Å². The molecule has 2 N–H and O–H groups in total. The zero-order valence-electron chi connectivity index (χ0n) is 10.6. The number of halogens is 3. The molecule has 1 heterocycles. The maximum absolute atomic E-state index is 12.0. The Hall–Kier alpha value is -1.47. The summed E-state index contributed by atoms with van der Waals surface area (Å²) in [6, 6.07) is -0.756. The smallest absolute Gasteiger partial charge is 0.390 e. The zero-order valence-corrected chi connectivity index (χ0v) is 10.6. The number of carboxylic acid groups (broad SMARTS) is 1. The molecule has 1 aliphatic heterocycles. The highest BCUT2D eigenvalue weighted by atomic mass is 19.4. The van der Waals surface area contributed by atoms with E-state index in [1.807, 2.05) is 0 Å². The van der Waals surface area contributed by atoms with Crippen LogP contribution in [-0.2, 0) is 4.79 Å². The molecule has 5 nitrogen and oxygen atoms in total. The second-order valence-corrected chi connectivity index (χ2v) is 4.78. The number of nitrogens with one attached hydrogen (secondary N) is 1. The van der Waals surface area contributed by atoms with Crippen molar-refractivity contribution < 1.29 is 27.9 Å². The maximum Gasteiger partial charge on any atom is 0.390 e. The van der Waals surface area contributed by atoms with E-state index >= 15 is 0 Å². The van der Waals surface area contributed by atoms with Gasteiger partial charge < -0.3 is 15.3 Å². The average molecular weight is 282 g/mol. The predicted octanol–water partition coefficient (Wildman–Crippen LogP) is 1.98. The lowest BCUT2D eigenvalue weighted by molar-refractivity contribution is -0.150. The number of hydrogen-bond donors (Lipinski definition) is 2. The first-order valence-corrected chi connectivity index (χ1v) is 6.02. The quantitative estimate of drug-likeness (QED) is 0.831. The van der Waals surface area contributed by atoms with Gasteiger partial charge >= 0.3 is 18.2 Å². The van der Waals surface area contributed by atoms with Crippen molar-refractivity contribution in [2.45, 2.75) is 44.3 Å². The number of amides is 2. The number of aliphatic carboxylic acids is 1. The minimum Gasteiger partial charge on any atom is -0.480 e. The Bertz CT molecular complexity index is 360. The number of likely N-dealkylation sites (tertiary alicyclic amines) is 1. The third kappa shape index (κ3) is 4.00. The normalized spacial score (nSPS) is 24.1. The first-order valence-electron chi connectivity index (χ1n) is 6.02. The minimum absolute atomic E-state index is 0.237. The number of carboxylic acids is 1. The van der Waals surface area contributed by atoms with E-state index in [1.165, 1.54) is 6.92 Å². The van der Waals surface area contributed by atoms with E-state index in [0.29, 0.717) is 19.3 Å². The molecule has 0 aromatic carbocycles. The van der Waals surface area contributed by atoms with Gasteiger partial charge in [-0.3, -0.25) is 0 Å². The topological polar surface area (TPSA) is 69.6 Å². The van der Waals surface area contributed by atoms with E-state index in [4.69, 9.17) is 5.11 Å². The van der Waals surface area contributed by atoms with Crippen LogP contribution in [0.5, 0.6) is 0 Å². The summed E-state index contributed by atoms with van der Waals surface area (Å²) in [6.07, 6.45) is -3.85. The molecule has 0 spiro atoms. The van der Waals surface area contributed by atoms with E-state index in [-0.39, 0.29) is 6.54 Å². The molecule has 0 bridgehead atoms. The zero-order chi connectivity index (χ0) is 14.7. The molecule has 0 radical (unpaired) electrons. The van der Waals surface area contributed by atoms with E-state index < -0.39 is 36.7 Å². The number of rotatable bonds is 3. The molecule has 110 valence electrons. The monoisotopic (exact) mass is 282 g/mol. The van der Waals surface area contributed by atoms with Gasteiger partial charge in [0.05, 0.1) is 6.42 Å². The van der Waals surface area contributed by atoms with Gasteiger partial charge in [0.15, 0.2) is 0 Å². The Kier molecular flexibility index (Phi) is 4.65. The molecule has 1 rings (SSSR count). The van der Waals surface area contributed by atoms with Crippen molar-refractivity contribution in [1.82, 2.24) is 10.2 Å². The van der Waals surface area contributed by atoms with E-state index in [1.54, 1.807) is 0 Å². The molecule has 1 aliphatic rings. The van der Waals surface area contributed by atoms with Crippen molar-refractivity contribution in [3.05, 3.63) is 0 Å². The number of carbonyl (C=O) groups is 2. The van der Waals surface area contributed by atoms with Gasteiger partial charge in [0.25, 0.3) is 0 Å². The second-order valence-electron chi connectivity index (χ2n) is 4.78. The first kappa shape index (κ1) is 15.6. The van der Waals surface area contributed by atoms with Crippen LogP contribution in [0.4, 0.5) is 18.0 Å². The van der Waals surface area contributed by atoms with Crippen molar-refractivity contribution in [2.75, 3.05) is 13.1 Å². The molecule has 2 amide bonds. The summed E-state index contributed by atoms with van der Waals surface area (Å²) < 4.78 is 35.9. The second kappa shape index (κ2) is 5.66. The van der Waals surface area contributed by atoms with E-state index in [0.717, 1.165) is 4.90 Å². The van der Waals surface area contributed by atoms with Crippen LogP contribution in [-0.4, -0.2) is 46.8 Å². The summed E-state index contributed by atoms with van der Waals surface area (Å²) in [5, 5.41) is 11.3. The SMILES string of the molecule is CC1(C(=O)O)CCCCN1C(=O)NCCC(F)(F)F. The Morgan fingerprint density at radius 3 is 2.53 bits per heavy atom. The van der Waals surface area contributed by atoms with Gasteiger partial charge in [-0.15, -0.1) is 0 Å². The van der Waals surface area contributed by atoms with Gasteiger partial charge in [0.2, 0.25) is 0 Å². The molecule has 8 heteroatoms. The fourth-order valence-electron chi connectivity index (χ4n) is 2.08. The molecule has 1 unspecified atom stereocenters. The third-order valence-corrected chi connectivity index (χ3v) is 3.28. The van der Waals surface area contributed by atoms with Gasteiger partial charge in [-0.25, -0.2) is 9.59 Å². The van der Waals surface area contributed by atoms with Crippen LogP contribution >= 0.6 is 0 Å². The number of piperidine rings is 1. The van der Waals surface area contributed by atoms with Crippen LogP contribution in [0, 0.1) is 0 Å². The van der Waals surface area contributed by atoms with Crippen LogP contribution in [0.3, 0.4) is 0 Å². The van der Waals surface area contributed by atoms with Gasteiger partial charge in [-0.05, 0) is 26.2 Å². The Labute approximate surface area is 108 Å². The summed E-state index contributed by atoms with van der Waals surface area (Å²) in [5.41, 5.74) is -1.35. The predicted molar refractivity (Wildman–Crippen MR) is 60.7 cm³/mol. The summed E-state index contributed by atoms with van der Waals surface area (Å²) >= 11 is 0. The average Bonchev–Trinajstić information content (AvgIpc) is 2.27. The molecule has 0 aromatic rings. The van der Waals surface area contributed by atoms with E-state index in [2.05, 4.69) is 5.32 Å². The molecule has 0 saturated carbocycles. The number of alkyl halides is 3. The minimum atomic E-state index is -4.34. The fraction of sp³-hybridized carbons (Fsp3) is 0.818. The van der Waals surface area contributed by atoms with Crippen LogP contribution in [0.15, 0.2) is 0 Å². The molecule has 0 aromatic heterocycles. The maximum atomic E-state index is 12.0.